The van der Waals surface area contributed by atoms with E-state index < -0.39 is 5.82 Å². The SMILES string of the molecule is [CH2-]CN(C[CH2-])CCCOc1cc2c(Nc3ccc(F)c(Cl)c3)ncnc2cc1OC.[V+2]. The molecule has 0 unspecified atom stereocenters. The van der Waals surface area contributed by atoms with Crippen molar-refractivity contribution < 1.29 is 32.4 Å². The van der Waals surface area contributed by atoms with Crippen LogP contribution >= 0.6 is 11.6 Å². The first kappa shape index (κ1) is 25.2. The largest absolute Gasteiger partial charge is 2.00 e. The smallest absolute Gasteiger partial charge is 0.493 e. The maximum absolute atomic E-state index is 13.4. The second-order valence-electron chi connectivity index (χ2n) is 6.54. The third-order valence-corrected chi connectivity index (χ3v) is 4.90. The first-order valence-electron chi connectivity index (χ1n) is 9.54. The van der Waals surface area contributed by atoms with Crippen molar-refractivity contribution in [2.75, 3.05) is 38.7 Å². The van der Waals surface area contributed by atoms with Gasteiger partial charge in [0.2, 0.25) is 0 Å². The van der Waals surface area contributed by atoms with Crippen LogP contribution in [0.3, 0.4) is 0 Å². The van der Waals surface area contributed by atoms with Gasteiger partial charge in [-0.1, -0.05) is 11.6 Å². The number of benzene rings is 2. The molecule has 0 aliphatic heterocycles. The molecule has 1 radical (unpaired) electrons. The molecule has 163 valence electrons. The summed E-state index contributed by atoms with van der Waals surface area (Å²) in [6, 6.07) is 8.03. The topological polar surface area (TPSA) is 59.5 Å². The van der Waals surface area contributed by atoms with Gasteiger partial charge in [-0.05, 0) is 37.2 Å². The van der Waals surface area contributed by atoms with Crippen LogP contribution in [0.5, 0.6) is 11.5 Å². The fraction of sp³-hybridized carbons (Fsp3) is 0.273. The van der Waals surface area contributed by atoms with Gasteiger partial charge in [-0.15, -0.1) is 13.1 Å². The molecule has 2 aromatic carbocycles. The zero-order chi connectivity index (χ0) is 21.5. The van der Waals surface area contributed by atoms with Crippen LogP contribution < -0.4 is 14.8 Å². The van der Waals surface area contributed by atoms with Gasteiger partial charge in [0.05, 0.1) is 24.3 Å². The number of methoxy groups -OCH3 is 1. The number of nitrogens with zero attached hydrogens (tertiary/aromatic N) is 3. The number of aromatic nitrogens is 2. The van der Waals surface area contributed by atoms with E-state index in [4.69, 9.17) is 21.1 Å². The van der Waals surface area contributed by atoms with Crippen molar-refractivity contribution in [3.8, 4) is 11.5 Å². The van der Waals surface area contributed by atoms with Gasteiger partial charge in [0, 0.05) is 17.1 Å². The average molecular weight is 482 g/mol. The van der Waals surface area contributed by atoms with Crippen molar-refractivity contribution in [2.45, 2.75) is 6.42 Å². The fourth-order valence-corrected chi connectivity index (χ4v) is 3.13. The Morgan fingerprint density at radius 3 is 2.58 bits per heavy atom. The summed E-state index contributed by atoms with van der Waals surface area (Å²) < 4.78 is 24.9. The molecule has 9 heteroatoms. The molecule has 1 heterocycles. The fourth-order valence-electron chi connectivity index (χ4n) is 2.95. The Hall–Kier alpha value is -2.06. The maximum Gasteiger partial charge on any atom is 2.00 e. The van der Waals surface area contributed by atoms with Crippen LogP contribution in [0.2, 0.25) is 5.02 Å². The molecule has 0 saturated carbocycles. The molecule has 0 bridgehead atoms. The first-order chi connectivity index (χ1) is 14.5. The van der Waals surface area contributed by atoms with E-state index in [1.54, 1.807) is 19.2 Å². The van der Waals surface area contributed by atoms with Gasteiger partial charge < -0.3 is 33.5 Å². The van der Waals surface area contributed by atoms with E-state index in [0.717, 1.165) is 18.4 Å². The molecule has 0 aliphatic rings. The predicted molar refractivity (Wildman–Crippen MR) is 118 cm³/mol. The third-order valence-electron chi connectivity index (χ3n) is 4.61. The van der Waals surface area contributed by atoms with Crippen LogP contribution in [-0.2, 0) is 18.6 Å². The van der Waals surface area contributed by atoms with Crippen LogP contribution in [0.25, 0.3) is 10.9 Å². The van der Waals surface area contributed by atoms with E-state index in [-0.39, 0.29) is 23.6 Å². The Morgan fingerprint density at radius 1 is 1.13 bits per heavy atom. The Labute approximate surface area is 199 Å². The van der Waals surface area contributed by atoms with Gasteiger partial charge in [0.15, 0.2) is 11.5 Å². The molecule has 0 fully saturated rings. The van der Waals surface area contributed by atoms with Crippen LogP contribution in [0.4, 0.5) is 15.9 Å². The molecule has 0 aliphatic carbocycles. The normalized spacial score (nSPS) is 10.8. The molecule has 0 amide bonds. The quantitative estimate of drug-likeness (QED) is 0.328. The first-order valence-corrected chi connectivity index (χ1v) is 9.92. The molecule has 3 rings (SSSR count). The molecule has 0 spiro atoms. The average Bonchev–Trinajstić information content (AvgIpc) is 2.76. The third kappa shape index (κ3) is 6.46. The van der Waals surface area contributed by atoms with Gasteiger partial charge in [-0.25, -0.2) is 14.4 Å². The minimum absolute atomic E-state index is 0. The number of rotatable bonds is 10. The Bertz CT molecular complexity index is 1000. The summed E-state index contributed by atoms with van der Waals surface area (Å²) in [6.07, 6.45) is 2.28. The maximum atomic E-state index is 13.4. The summed E-state index contributed by atoms with van der Waals surface area (Å²) >= 11 is 5.88. The van der Waals surface area contributed by atoms with Crippen molar-refractivity contribution in [1.82, 2.24) is 14.9 Å². The van der Waals surface area contributed by atoms with Crippen molar-refractivity contribution in [1.29, 1.82) is 0 Å². The molecule has 1 aromatic heterocycles. The van der Waals surface area contributed by atoms with E-state index >= 15 is 0 Å². The van der Waals surface area contributed by atoms with E-state index in [1.165, 1.54) is 18.5 Å². The number of anilines is 2. The molecule has 0 saturated heterocycles. The molecule has 0 atom stereocenters. The molecular weight excluding hydrogens is 458 g/mol. The number of hydrogen-bond donors (Lipinski definition) is 1. The zero-order valence-corrected chi connectivity index (χ0v) is 19.4. The Morgan fingerprint density at radius 2 is 1.90 bits per heavy atom. The van der Waals surface area contributed by atoms with Gasteiger partial charge >= 0.3 is 18.6 Å². The summed E-state index contributed by atoms with van der Waals surface area (Å²) in [7, 11) is 1.59. The monoisotopic (exact) mass is 481 g/mol. The summed E-state index contributed by atoms with van der Waals surface area (Å²) in [6.45, 7) is 10.6. The number of halogens is 2. The van der Waals surface area contributed by atoms with Gasteiger partial charge in [-0.2, -0.15) is 0 Å². The second-order valence-corrected chi connectivity index (χ2v) is 6.95. The van der Waals surface area contributed by atoms with Crippen molar-refractivity contribution in [3.05, 3.63) is 61.3 Å². The van der Waals surface area contributed by atoms with Crippen molar-refractivity contribution >= 4 is 34.0 Å². The summed E-state index contributed by atoms with van der Waals surface area (Å²) in [4.78, 5) is 10.8. The molecule has 6 nitrogen and oxygen atoms in total. The van der Waals surface area contributed by atoms with E-state index in [2.05, 4.69) is 34.0 Å². The zero-order valence-electron chi connectivity index (χ0n) is 17.3. The molecule has 31 heavy (non-hydrogen) atoms. The van der Waals surface area contributed by atoms with Gasteiger partial charge in [0.25, 0.3) is 0 Å². The summed E-state index contributed by atoms with van der Waals surface area (Å²) in [5, 5.41) is 3.93. The number of ether oxygens (including phenoxy) is 2. The summed E-state index contributed by atoms with van der Waals surface area (Å²) in [5.41, 5.74) is 1.30. The van der Waals surface area contributed by atoms with Crippen LogP contribution in [-0.4, -0.2) is 48.2 Å². The Kier molecular flexibility index (Phi) is 9.84. The minimum Gasteiger partial charge on any atom is -0.493 e. The molecular formula is C22H24ClFN4O2V. The van der Waals surface area contributed by atoms with E-state index in [9.17, 15) is 4.39 Å². The molecule has 1 N–H and O–H groups in total. The van der Waals surface area contributed by atoms with Crippen molar-refractivity contribution in [2.24, 2.45) is 0 Å². The standard InChI is InChI=1S/C22H24ClFN4O2.V/c1-4-28(5-2)9-6-10-30-21-12-16-19(13-20(21)29-3)25-14-26-22(16)27-15-7-8-18(24)17(23)11-15;/h7-8,11-14H,1-2,4-6,9-10H2,3H3,(H,25,26,27);/q-2;+2. The number of nitrogens with one attached hydrogen (secondary N) is 1. The van der Waals surface area contributed by atoms with Crippen LogP contribution in [0.1, 0.15) is 6.42 Å². The van der Waals surface area contributed by atoms with E-state index in [1.807, 2.05) is 6.07 Å². The molecule has 3 aromatic rings. The van der Waals surface area contributed by atoms with Crippen LogP contribution in [0.15, 0.2) is 36.7 Å². The second kappa shape index (κ2) is 12.1. The van der Waals surface area contributed by atoms with Gasteiger partial charge in [-0.3, -0.25) is 0 Å². The number of hydrogen-bond acceptors (Lipinski definition) is 6. The minimum atomic E-state index is -0.480. The van der Waals surface area contributed by atoms with Crippen LogP contribution in [0, 0.1) is 19.7 Å². The van der Waals surface area contributed by atoms with Crippen molar-refractivity contribution in [3.63, 3.8) is 0 Å². The van der Waals surface area contributed by atoms with Gasteiger partial charge in [0.1, 0.15) is 18.0 Å². The van der Waals surface area contributed by atoms with E-state index in [0.29, 0.717) is 48.2 Å². The predicted octanol–water partition coefficient (Wildman–Crippen LogP) is 4.91. The number of fused-ring (bicyclic) bond motifs is 1. The summed E-state index contributed by atoms with van der Waals surface area (Å²) in [5.74, 6) is 1.25. The Balaban J connectivity index is 0.00000341.